The van der Waals surface area contributed by atoms with Crippen LogP contribution in [0.15, 0.2) is 12.2 Å². The van der Waals surface area contributed by atoms with Crippen LogP contribution in [0, 0.1) is 0 Å². The maximum absolute atomic E-state index is 11.7. The van der Waals surface area contributed by atoms with E-state index >= 15 is 0 Å². The highest BCUT2D eigenvalue weighted by atomic mass is 16.5. The molecular weight excluding hydrogens is 388 g/mol. The highest BCUT2D eigenvalue weighted by molar-refractivity contribution is 5.72. The average Bonchev–Trinajstić information content (AvgIpc) is 2.76. The van der Waals surface area contributed by atoms with Gasteiger partial charge in [0.2, 0.25) is 0 Å². The Morgan fingerprint density at radius 1 is 0.516 bits per heavy atom. The number of esters is 2. The molecule has 0 rings (SSSR count). The minimum atomic E-state index is -0.222. The molecule has 0 bridgehead atoms. The van der Waals surface area contributed by atoms with Crippen molar-refractivity contribution >= 4 is 11.9 Å². The van der Waals surface area contributed by atoms with Gasteiger partial charge in [-0.25, -0.2) is 0 Å². The van der Waals surface area contributed by atoms with Crippen LogP contribution >= 0.6 is 0 Å². The van der Waals surface area contributed by atoms with Crippen LogP contribution in [0.25, 0.3) is 0 Å². The van der Waals surface area contributed by atoms with E-state index in [2.05, 4.69) is 26.0 Å². The number of ether oxygens (including phenoxy) is 2. The molecule has 0 saturated carbocycles. The third-order valence-corrected chi connectivity index (χ3v) is 5.46. The van der Waals surface area contributed by atoms with Gasteiger partial charge < -0.3 is 9.47 Å². The summed E-state index contributed by atoms with van der Waals surface area (Å²) >= 11 is 0. The Labute approximate surface area is 192 Å². The zero-order chi connectivity index (χ0) is 22.8. The van der Waals surface area contributed by atoms with Gasteiger partial charge in [0.1, 0.15) is 0 Å². The van der Waals surface area contributed by atoms with Crippen LogP contribution in [0.2, 0.25) is 0 Å². The number of carbonyl (C=O) groups is 2. The van der Waals surface area contributed by atoms with Gasteiger partial charge in [-0.3, -0.25) is 9.59 Å². The van der Waals surface area contributed by atoms with Gasteiger partial charge in [-0.1, -0.05) is 103 Å². The van der Waals surface area contributed by atoms with Crippen molar-refractivity contribution in [3.63, 3.8) is 0 Å². The zero-order valence-corrected chi connectivity index (χ0v) is 20.6. The quantitative estimate of drug-likeness (QED) is 0.0919. The topological polar surface area (TPSA) is 52.6 Å². The summed E-state index contributed by atoms with van der Waals surface area (Å²) < 4.78 is 10.4. The summed E-state index contributed by atoms with van der Waals surface area (Å²) in [4.78, 5) is 23.4. The summed E-state index contributed by atoms with van der Waals surface area (Å²) in [5.41, 5.74) is 0. The second kappa shape index (κ2) is 24.9. The first kappa shape index (κ1) is 29.7. The summed E-state index contributed by atoms with van der Waals surface area (Å²) in [6.07, 6.45) is 25.1. The molecule has 0 aliphatic heterocycles. The fourth-order valence-electron chi connectivity index (χ4n) is 3.46. The number of allylic oxidation sites excluding steroid dienone is 1. The van der Waals surface area contributed by atoms with Crippen LogP contribution in [0.3, 0.4) is 0 Å². The van der Waals surface area contributed by atoms with E-state index in [1.165, 1.54) is 77.0 Å². The van der Waals surface area contributed by atoms with Crippen LogP contribution in [0.1, 0.15) is 136 Å². The molecule has 182 valence electrons. The molecule has 0 saturated heterocycles. The van der Waals surface area contributed by atoms with Crippen LogP contribution in [0.5, 0.6) is 0 Å². The second-order valence-electron chi connectivity index (χ2n) is 8.59. The molecule has 0 aliphatic carbocycles. The number of unbranched alkanes of at least 4 members (excludes halogenated alkanes) is 13. The lowest BCUT2D eigenvalue weighted by molar-refractivity contribution is -0.145. The van der Waals surface area contributed by atoms with Gasteiger partial charge in [-0.2, -0.15) is 0 Å². The Morgan fingerprint density at radius 3 is 1.55 bits per heavy atom. The van der Waals surface area contributed by atoms with Crippen molar-refractivity contribution in [3.8, 4) is 0 Å². The summed E-state index contributed by atoms with van der Waals surface area (Å²) in [7, 11) is 0. The van der Waals surface area contributed by atoms with E-state index in [-0.39, 0.29) is 18.4 Å². The van der Waals surface area contributed by atoms with Crippen LogP contribution in [0.4, 0.5) is 0 Å². The van der Waals surface area contributed by atoms with E-state index < -0.39 is 0 Å². The molecule has 0 N–H and O–H groups in total. The largest absolute Gasteiger partial charge is 0.466 e. The maximum atomic E-state index is 11.7. The third kappa shape index (κ3) is 24.8. The highest BCUT2D eigenvalue weighted by Crippen LogP contribution is 2.10. The van der Waals surface area contributed by atoms with Crippen molar-refractivity contribution < 1.29 is 19.1 Å². The van der Waals surface area contributed by atoms with Crippen molar-refractivity contribution in [1.82, 2.24) is 0 Å². The summed E-state index contributed by atoms with van der Waals surface area (Å²) in [5.74, 6) is -0.426. The number of hydrogen-bond donors (Lipinski definition) is 0. The minimum absolute atomic E-state index is 0.203. The molecule has 0 unspecified atom stereocenters. The first-order chi connectivity index (χ1) is 15.2. The SMILES string of the molecule is CCCCCCCCCC/C=C/CCOC(=O)CCCC(=O)OCCCCCCCC. The summed E-state index contributed by atoms with van der Waals surface area (Å²) in [6.45, 7) is 5.38. The fraction of sp³-hybridized carbons (Fsp3) is 0.852. The monoisotopic (exact) mass is 438 g/mol. The fourth-order valence-corrected chi connectivity index (χ4v) is 3.46. The van der Waals surface area contributed by atoms with Crippen LogP contribution in [-0.4, -0.2) is 25.2 Å². The third-order valence-electron chi connectivity index (χ3n) is 5.46. The highest BCUT2D eigenvalue weighted by Gasteiger charge is 2.07. The van der Waals surface area contributed by atoms with Gasteiger partial charge in [0.25, 0.3) is 0 Å². The molecule has 0 amide bonds. The number of hydrogen-bond acceptors (Lipinski definition) is 4. The lowest BCUT2D eigenvalue weighted by atomic mass is 10.1. The van der Waals surface area contributed by atoms with Crippen LogP contribution < -0.4 is 0 Å². The van der Waals surface area contributed by atoms with E-state index in [1.807, 2.05) is 0 Å². The van der Waals surface area contributed by atoms with Crippen molar-refractivity contribution in [2.45, 2.75) is 136 Å². The molecule has 4 heteroatoms. The van der Waals surface area contributed by atoms with E-state index in [4.69, 9.17) is 9.47 Å². The smallest absolute Gasteiger partial charge is 0.305 e. The summed E-state index contributed by atoms with van der Waals surface area (Å²) in [5, 5.41) is 0. The molecule has 0 aliphatic rings. The van der Waals surface area contributed by atoms with Crippen LogP contribution in [-0.2, 0) is 19.1 Å². The predicted octanol–water partition coefficient (Wildman–Crippen LogP) is 8.08. The van der Waals surface area contributed by atoms with Gasteiger partial charge >= 0.3 is 11.9 Å². The molecule has 31 heavy (non-hydrogen) atoms. The normalized spacial score (nSPS) is 11.2. The molecule has 0 radical (unpaired) electrons. The molecule has 0 spiro atoms. The number of carbonyl (C=O) groups excluding carboxylic acids is 2. The molecule has 0 fully saturated rings. The molecule has 0 aromatic heterocycles. The van der Waals surface area contributed by atoms with E-state index in [0.29, 0.717) is 26.1 Å². The van der Waals surface area contributed by atoms with Crippen molar-refractivity contribution in [2.24, 2.45) is 0 Å². The molecular formula is C27H50O4. The average molecular weight is 439 g/mol. The Bertz CT molecular complexity index is 431. The Hall–Kier alpha value is -1.32. The second-order valence-corrected chi connectivity index (χ2v) is 8.59. The minimum Gasteiger partial charge on any atom is -0.466 e. The van der Waals surface area contributed by atoms with Crippen molar-refractivity contribution in [3.05, 3.63) is 12.2 Å². The molecule has 0 atom stereocenters. The number of rotatable bonds is 23. The van der Waals surface area contributed by atoms with Crippen molar-refractivity contribution in [2.75, 3.05) is 13.2 Å². The molecule has 0 aromatic carbocycles. The summed E-state index contributed by atoms with van der Waals surface area (Å²) in [6, 6.07) is 0. The lowest BCUT2D eigenvalue weighted by Gasteiger charge is -2.05. The van der Waals surface area contributed by atoms with Gasteiger partial charge in [0.05, 0.1) is 13.2 Å². The standard InChI is InChI=1S/C27H50O4/c1-3-5-7-9-11-12-13-14-15-16-18-20-25-31-27(29)23-21-22-26(28)30-24-19-17-10-8-6-4-2/h16,18H,3-15,17,19-25H2,1-2H3/b18-16+. The van der Waals surface area contributed by atoms with Gasteiger partial charge in [0.15, 0.2) is 0 Å². The zero-order valence-electron chi connectivity index (χ0n) is 20.6. The molecule has 0 heterocycles. The van der Waals surface area contributed by atoms with Gasteiger partial charge in [-0.15, -0.1) is 0 Å². The Morgan fingerprint density at radius 2 is 0.968 bits per heavy atom. The van der Waals surface area contributed by atoms with E-state index in [9.17, 15) is 9.59 Å². The van der Waals surface area contributed by atoms with Gasteiger partial charge in [0, 0.05) is 12.8 Å². The first-order valence-electron chi connectivity index (χ1n) is 13.2. The molecule has 0 aromatic rings. The van der Waals surface area contributed by atoms with E-state index in [0.717, 1.165) is 25.7 Å². The van der Waals surface area contributed by atoms with Gasteiger partial charge in [-0.05, 0) is 32.1 Å². The first-order valence-corrected chi connectivity index (χ1v) is 13.2. The molecule has 4 nitrogen and oxygen atoms in total. The van der Waals surface area contributed by atoms with Crippen molar-refractivity contribution in [1.29, 1.82) is 0 Å². The lowest BCUT2D eigenvalue weighted by Crippen LogP contribution is -2.09. The maximum Gasteiger partial charge on any atom is 0.305 e. The Balaban J connectivity index is 3.36. The predicted molar refractivity (Wildman–Crippen MR) is 130 cm³/mol. The van der Waals surface area contributed by atoms with E-state index in [1.54, 1.807) is 0 Å². The Kier molecular flexibility index (Phi) is 23.9.